The fourth-order valence-corrected chi connectivity index (χ4v) is 4.43. The Kier molecular flexibility index (Phi) is 6.65. The van der Waals surface area contributed by atoms with Crippen LogP contribution in [0.25, 0.3) is 0 Å². The van der Waals surface area contributed by atoms with Gasteiger partial charge in [0.2, 0.25) is 10.0 Å². The van der Waals surface area contributed by atoms with Gasteiger partial charge in [0.15, 0.2) is 0 Å². The van der Waals surface area contributed by atoms with Gasteiger partial charge in [-0.1, -0.05) is 26.0 Å². The first-order valence-corrected chi connectivity index (χ1v) is 10.2. The number of nitrogens with zero attached hydrogens (tertiary/aromatic N) is 2. The van der Waals surface area contributed by atoms with Crippen LogP contribution in [0.5, 0.6) is 5.75 Å². The third-order valence-electron chi connectivity index (χ3n) is 3.57. The monoisotopic (exact) mass is 366 g/mol. The third-order valence-corrected chi connectivity index (χ3v) is 6.62. The minimum atomic E-state index is -3.45. The Morgan fingerprint density at radius 3 is 2.50 bits per heavy atom. The summed E-state index contributed by atoms with van der Waals surface area (Å²) < 4.78 is 31.5. The van der Waals surface area contributed by atoms with E-state index < -0.39 is 10.0 Å². The highest BCUT2D eigenvalue weighted by atomic mass is 32.2. The molecule has 5 nitrogen and oxygen atoms in total. The van der Waals surface area contributed by atoms with Crippen molar-refractivity contribution in [3.63, 3.8) is 0 Å². The first-order valence-electron chi connectivity index (χ1n) is 7.73. The predicted octanol–water partition coefficient (Wildman–Crippen LogP) is 3.41. The van der Waals surface area contributed by atoms with Crippen LogP contribution in [0.4, 0.5) is 0 Å². The van der Waals surface area contributed by atoms with E-state index in [9.17, 15) is 8.42 Å². The summed E-state index contributed by atoms with van der Waals surface area (Å²) in [5.74, 6) is 1.56. The first-order chi connectivity index (χ1) is 11.5. The molecule has 7 heteroatoms. The van der Waals surface area contributed by atoms with Gasteiger partial charge in [0.05, 0.1) is 12.1 Å². The summed E-state index contributed by atoms with van der Waals surface area (Å²) in [6, 6.07) is 11.2. The van der Waals surface area contributed by atoms with Gasteiger partial charge < -0.3 is 4.74 Å². The Balaban J connectivity index is 2.07. The molecule has 0 amide bonds. The Hall–Kier alpha value is -1.57. The maximum atomic E-state index is 12.4. The van der Waals surface area contributed by atoms with Gasteiger partial charge in [-0.3, -0.25) is 0 Å². The standard InChI is InChI=1S/C17H22N2O3S2/c1-4-19(5-2)24(20,21)16-9-10-17(18-12-16)23-13-14-7-6-8-15(11-14)22-3/h6-12H,4-5,13H2,1-3H3. The number of hydrogen-bond donors (Lipinski definition) is 0. The van der Waals surface area contributed by atoms with Crippen molar-refractivity contribution < 1.29 is 13.2 Å². The largest absolute Gasteiger partial charge is 0.497 e. The summed E-state index contributed by atoms with van der Waals surface area (Å²) in [5, 5.41) is 0.788. The van der Waals surface area contributed by atoms with Crippen LogP contribution in [-0.4, -0.2) is 37.9 Å². The maximum Gasteiger partial charge on any atom is 0.244 e. The second kappa shape index (κ2) is 8.50. The quantitative estimate of drug-likeness (QED) is 0.670. The summed E-state index contributed by atoms with van der Waals surface area (Å²) in [7, 11) is -1.81. The molecule has 0 saturated heterocycles. The van der Waals surface area contributed by atoms with E-state index in [1.165, 1.54) is 10.5 Å². The molecular weight excluding hydrogens is 344 g/mol. The summed E-state index contributed by atoms with van der Waals surface area (Å²) in [4.78, 5) is 4.51. The molecule has 0 N–H and O–H groups in total. The molecule has 24 heavy (non-hydrogen) atoms. The fraction of sp³-hybridized carbons (Fsp3) is 0.353. The van der Waals surface area contributed by atoms with Gasteiger partial charge in [0.1, 0.15) is 10.6 Å². The zero-order valence-corrected chi connectivity index (χ0v) is 15.7. The van der Waals surface area contributed by atoms with Crippen LogP contribution in [0.2, 0.25) is 0 Å². The highest BCUT2D eigenvalue weighted by Crippen LogP contribution is 2.24. The van der Waals surface area contributed by atoms with Gasteiger partial charge in [-0.25, -0.2) is 13.4 Å². The van der Waals surface area contributed by atoms with Crippen molar-refractivity contribution in [2.24, 2.45) is 0 Å². The van der Waals surface area contributed by atoms with E-state index in [-0.39, 0.29) is 4.90 Å². The molecule has 0 spiro atoms. The molecule has 1 aromatic heterocycles. The van der Waals surface area contributed by atoms with E-state index in [0.29, 0.717) is 13.1 Å². The van der Waals surface area contributed by atoms with E-state index >= 15 is 0 Å². The molecule has 0 aliphatic rings. The van der Waals surface area contributed by atoms with Crippen molar-refractivity contribution in [2.45, 2.75) is 29.5 Å². The molecule has 0 aliphatic carbocycles. The Morgan fingerprint density at radius 1 is 1.17 bits per heavy atom. The summed E-state index contributed by atoms with van der Waals surface area (Å²) >= 11 is 1.56. The molecule has 130 valence electrons. The zero-order valence-electron chi connectivity index (χ0n) is 14.1. The van der Waals surface area contributed by atoms with E-state index in [0.717, 1.165) is 22.1 Å². The van der Waals surface area contributed by atoms with Crippen LogP contribution < -0.4 is 4.74 Å². The average Bonchev–Trinajstić information content (AvgIpc) is 2.61. The number of benzene rings is 1. The molecule has 1 heterocycles. The van der Waals surface area contributed by atoms with E-state index in [4.69, 9.17) is 4.74 Å². The number of hydrogen-bond acceptors (Lipinski definition) is 5. The summed E-state index contributed by atoms with van der Waals surface area (Å²) in [6.07, 6.45) is 1.43. The van der Waals surface area contributed by atoms with Gasteiger partial charge in [-0.05, 0) is 29.8 Å². The van der Waals surface area contributed by atoms with Crippen molar-refractivity contribution in [1.29, 1.82) is 0 Å². The van der Waals surface area contributed by atoms with Gasteiger partial charge >= 0.3 is 0 Å². The molecule has 0 aliphatic heterocycles. The third kappa shape index (κ3) is 4.49. The zero-order chi connectivity index (χ0) is 17.6. The van der Waals surface area contributed by atoms with Gasteiger partial charge in [-0.15, -0.1) is 11.8 Å². The predicted molar refractivity (Wildman–Crippen MR) is 96.9 cm³/mol. The molecular formula is C17H22N2O3S2. The van der Waals surface area contributed by atoms with Crippen molar-refractivity contribution in [2.75, 3.05) is 20.2 Å². The Bertz CT molecular complexity index is 758. The highest BCUT2D eigenvalue weighted by molar-refractivity contribution is 7.98. The van der Waals surface area contributed by atoms with Crippen LogP contribution in [0.15, 0.2) is 52.5 Å². The number of ether oxygens (including phenoxy) is 1. The molecule has 0 radical (unpaired) electrons. The minimum absolute atomic E-state index is 0.233. The van der Waals surface area contributed by atoms with Crippen LogP contribution in [0.1, 0.15) is 19.4 Å². The van der Waals surface area contributed by atoms with Gasteiger partial charge in [0, 0.05) is 25.0 Å². The summed E-state index contributed by atoms with van der Waals surface area (Å²) in [5.41, 5.74) is 1.13. The van der Waals surface area contributed by atoms with Crippen molar-refractivity contribution >= 4 is 21.8 Å². The number of rotatable bonds is 8. The van der Waals surface area contributed by atoms with Crippen molar-refractivity contribution in [3.05, 3.63) is 48.2 Å². The molecule has 2 rings (SSSR count). The lowest BCUT2D eigenvalue weighted by Crippen LogP contribution is -2.30. The van der Waals surface area contributed by atoms with Gasteiger partial charge in [0.25, 0.3) is 0 Å². The van der Waals surface area contributed by atoms with Crippen molar-refractivity contribution in [1.82, 2.24) is 9.29 Å². The molecule has 0 unspecified atom stereocenters. The van der Waals surface area contributed by atoms with Crippen LogP contribution >= 0.6 is 11.8 Å². The number of aromatic nitrogens is 1. The number of methoxy groups -OCH3 is 1. The van der Waals surface area contributed by atoms with Crippen molar-refractivity contribution in [3.8, 4) is 5.75 Å². The lowest BCUT2D eigenvalue weighted by molar-refractivity contribution is 0.414. The highest BCUT2D eigenvalue weighted by Gasteiger charge is 2.21. The normalized spacial score (nSPS) is 11.7. The molecule has 0 bridgehead atoms. The topological polar surface area (TPSA) is 59.5 Å². The van der Waals surface area contributed by atoms with E-state index in [2.05, 4.69) is 4.98 Å². The number of sulfonamides is 1. The number of pyridine rings is 1. The van der Waals surface area contributed by atoms with Crippen LogP contribution in [0.3, 0.4) is 0 Å². The second-order valence-corrected chi connectivity index (χ2v) is 8.00. The maximum absolute atomic E-state index is 12.4. The fourth-order valence-electron chi connectivity index (χ4n) is 2.24. The lowest BCUT2D eigenvalue weighted by Gasteiger charge is -2.18. The SMILES string of the molecule is CCN(CC)S(=O)(=O)c1ccc(SCc2cccc(OC)c2)nc1. The van der Waals surface area contributed by atoms with E-state index in [1.807, 2.05) is 38.1 Å². The minimum Gasteiger partial charge on any atom is -0.497 e. The van der Waals surface area contributed by atoms with Crippen LogP contribution in [0, 0.1) is 0 Å². The molecule has 0 fully saturated rings. The Morgan fingerprint density at radius 2 is 1.92 bits per heavy atom. The molecule has 1 aromatic carbocycles. The first kappa shape index (κ1) is 18.8. The number of thioether (sulfide) groups is 1. The lowest BCUT2D eigenvalue weighted by atomic mass is 10.2. The Labute approximate surface area is 148 Å². The summed E-state index contributed by atoms with van der Waals surface area (Å²) in [6.45, 7) is 4.55. The van der Waals surface area contributed by atoms with E-state index in [1.54, 1.807) is 31.0 Å². The molecule has 2 aromatic rings. The molecule has 0 saturated carbocycles. The average molecular weight is 367 g/mol. The smallest absolute Gasteiger partial charge is 0.244 e. The van der Waals surface area contributed by atoms with Crippen LogP contribution in [-0.2, 0) is 15.8 Å². The van der Waals surface area contributed by atoms with Gasteiger partial charge in [-0.2, -0.15) is 4.31 Å². The molecule has 0 atom stereocenters. The second-order valence-electron chi connectivity index (χ2n) is 5.06.